The monoisotopic (exact) mass is 289 g/mol. The molecule has 1 heterocycles. The Balaban J connectivity index is 1.85. The smallest absolute Gasteiger partial charge is 0.238 e. The van der Waals surface area contributed by atoms with E-state index in [1.54, 1.807) is 0 Å². The number of benzene rings is 1. The van der Waals surface area contributed by atoms with Crippen LogP contribution >= 0.6 is 0 Å². The van der Waals surface area contributed by atoms with Crippen molar-refractivity contribution in [1.82, 2.24) is 5.32 Å². The summed E-state index contributed by atoms with van der Waals surface area (Å²) in [6, 6.07) is 8.16. The lowest BCUT2D eigenvalue weighted by Gasteiger charge is -2.28. The summed E-state index contributed by atoms with van der Waals surface area (Å²) in [5.41, 5.74) is 2.06. The molecule has 0 radical (unpaired) electrons. The van der Waals surface area contributed by atoms with Crippen molar-refractivity contribution in [2.45, 2.75) is 45.6 Å². The molecule has 2 rings (SSSR count). The number of nitrogens with one attached hydrogen (secondary N) is 2. The molecule has 0 bridgehead atoms. The maximum absolute atomic E-state index is 11.9. The number of amides is 1. The first-order valence-electron chi connectivity index (χ1n) is 7.84. The molecule has 4 heteroatoms. The van der Waals surface area contributed by atoms with E-state index in [2.05, 4.69) is 27.7 Å². The molecule has 0 spiro atoms. The van der Waals surface area contributed by atoms with E-state index in [9.17, 15) is 4.79 Å². The number of hydrogen-bond donors (Lipinski definition) is 2. The van der Waals surface area contributed by atoms with Gasteiger partial charge in [0.05, 0.1) is 6.54 Å². The third-order valence-electron chi connectivity index (χ3n) is 3.65. The van der Waals surface area contributed by atoms with Crippen LogP contribution in [0.4, 0.5) is 11.4 Å². The van der Waals surface area contributed by atoms with E-state index >= 15 is 0 Å². The molecule has 1 aliphatic rings. The fourth-order valence-corrected chi connectivity index (χ4v) is 2.46. The molecule has 2 N–H and O–H groups in total. The number of carbonyl (C=O) groups excluding carboxylic acids is 1. The van der Waals surface area contributed by atoms with Gasteiger partial charge in [-0.3, -0.25) is 4.79 Å². The number of nitrogens with zero attached hydrogens (tertiary/aromatic N) is 1. The maximum Gasteiger partial charge on any atom is 0.238 e. The molecule has 0 unspecified atom stereocenters. The van der Waals surface area contributed by atoms with Gasteiger partial charge in [0.1, 0.15) is 0 Å². The molecule has 0 atom stereocenters. The number of hydrogen-bond acceptors (Lipinski definition) is 3. The Labute approximate surface area is 127 Å². The summed E-state index contributed by atoms with van der Waals surface area (Å²) in [5, 5.41) is 6.11. The van der Waals surface area contributed by atoms with E-state index in [1.807, 2.05) is 32.9 Å². The maximum atomic E-state index is 11.9. The van der Waals surface area contributed by atoms with Gasteiger partial charge in [-0.2, -0.15) is 0 Å². The summed E-state index contributed by atoms with van der Waals surface area (Å²) in [7, 11) is 0. The molecule has 1 amide bonds. The Morgan fingerprint density at radius 2 is 1.71 bits per heavy atom. The van der Waals surface area contributed by atoms with Crippen LogP contribution in [0.1, 0.15) is 40.0 Å². The van der Waals surface area contributed by atoms with Crippen LogP contribution in [0.3, 0.4) is 0 Å². The van der Waals surface area contributed by atoms with Gasteiger partial charge in [0, 0.05) is 30.0 Å². The molecular weight excluding hydrogens is 262 g/mol. The van der Waals surface area contributed by atoms with Gasteiger partial charge >= 0.3 is 0 Å². The second kappa shape index (κ2) is 6.94. The molecule has 1 aliphatic heterocycles. The molecule has 116 valence electrons. The topological polar surface area (TPSA) is 44.4 Å². The van der Waals surface area contributed by atoms with Crippen LogP contribution < -0.4 is 15.5 Å². The molecule has 1 aromatic carbocycles. The van der Waals surface area contributed by atoms with Crippen molar-refractivity contribution in [2.75, 3.05) is 29.9 Å². The molecule has 0 aromatic heterocycles. The van der Waals surface area contributed by atoms with Crippen LogP contribution in [0.2, 0.25) is 0 Å². The highest BCUT2D eigenvalue weighted by molar-refractivity contribution is 5.92. The first-order valence-corrected chi connectivity index (χ1v) is 7.84. The van der Waals surface area contributed by atoms with Gasteiger partial charge in [-0.15, -0.1) is 0 Å². The summed E-state index contributed by atoms with van der Waals surface area (Å²) in [6.07, 6.45) is 3.89. The summed E-state index contributed by atoms with van der Waals surface area (Å²) in [5.74, 6) is -0.00403. The molecule has 4 nitrogen and oxygen atoms in total. The van der Waals surface area contributed by atoms with E-state index in [0.717, 1.165) is 18.8 Å². The van der Waals surface area contributed by atoms with Crippen molar-refractivity contribution < 1.29 is 4.79 Å². The Kier molecular flexibility index (Phi) is 5.23. The predicted octanol–water partition coefficient (Wildman–Crippen LogP) is 3.00. The Morgan fingerprint density at radius 3 is 2.29 bits per heavy atom. The second-order valence-corrected chi connectivity index (χ2v) is 6.75. The van der Waals surface area contributed by atoms with E-state index in [1.165, 1.54) is 24.9 Å². The average molecular weight is 289 g/mol. The third-order valence-corrected chi connectivity index (χ3v) is 3.65. The van der Waals surface area contributed by atoms with Crippen LogP contribution in [-0.4, -0.2) is 31.1 Å². The molecular formula is C17H27N3O. The van der Waals surface area contributed by atoms with Gasteiger partial charge in [-0.25, -0.2) is 0 Å². The molecule has 21 heavy (non-hydrogen) atoms. The number of carbonyl (C=O) groups is 1. The molecule has 1 fully saturated rings. The van der Waals surface area contributed by atoms with Gasteiger partial charge in [0.15, 0.2) is 0 Å². The second-order valence-electron chi connectivity index (χ2n) is 6.75. The first kappa shape index (κ1) is 15.8. The zero-order chi connectivity index (χ0) is 15.3. The predicted molar refractivity (Wildman–Crippen MR) is 88.9 cm³/mol. The van der Waals surface area contributed by atoms with E-state index in [4.69, 9.17) is 0 Å². The first-order chi connectivity index (χ1) is 9.94. The summed E-state index contributed by atoms with van der Waals surface area (Å²) < 4.78 is 0. The van der Waals surface area contributed by atoms with Crippen molar-refractivity contribution in [3.63, 3.8) is 0 Å². The fourth-order valence-electron chi connectivity index (χ4n) is 2.46. The van der Waals surface area contributed by atoms with Crippen LogP contribution in [0.15, 0.2) is 24.3 Å². The van der Waals surface area contributed by atoms with Gasteiger partial charge in [0.2, 0.25) is 5.91 Å². The van der Waals surface area contributed by atoms with E-state index < -0.39 is 0 Å². The Morgan fingerprint density at radius 1 is 1.10 bits per heavy atom. The van der Waals surface area contributed by atoms with Crippen molar-refractivity contribution in [2.24, 2.45) is 0 Å². The van der Waals surface area contributed by atoms with Crippen molar-refractivity contribution in [1.29, 1.82) is 0 Å². The number of rotatable bonds is 4. The van der Waals surface area contributed by atoms with Gasteiger partial charge in [-0.05, 0) is 64.3 Å². The summed E-state index contributed by atoms with van der Waals surface area (Å²) >= 11 is 0. The minimum Gasteiger partial charge on any atom is -0.372 e. The van der Waals surface area contributed by atoms with Gasteiger partial charge < -0.3 is 15.5 Å². The number of anilines is 2. The van der Waals surface area contributed by atoms with Crippen LogP contribution in [0.5, 0.6) is 0 Å². The highest BCUT2D eigenvalue weighted by Crippen LogP contribution is 2.21. The van der Waals surface area contributed by atoms with Crippen molar-refractivity contribution in [3.05, 3.63) is 24.3 Å². The molecule has 1 saturated heterocycles. The summed E-state index contributed by atoms with van der Waals surface area (Å²) in [6.45, 7) is 8.76. The zero-order valence-electron chi connectivity index (χ0n) is 13.4. The highest BCUT2D eigenvalue weighted by atomic mass is 16.1. The quantitative estimate of drug-likeness (QED) is 0.895. The lowest BCUT2D eigenvalue weighted by atomic mass is 10.1. The normalized spacial score (nSPS) is 15.9. The van der Waals surface area contributed by atoms with Gasteiger partial charge in [-0.1, -0.05) is 0 Å². The SMILES string of the molecule is CC(C)(C)NCC(=O)Nc1ccc(N2CCCCC2)cc1. The standard InChI is InChI=1S/C17H27N3O/c1-17(2,3)18-13-16(21)19-14-7-9-15(10-8-14)20-11-5-4-6-12-20/h7-10,18H,4-6,11-13H2,1-3H3,(H,19,21). The fraction of sp³-hybridized carbons (Fsp3) is 0.588. The summed E-state index contributed by atoms with van der Waals surface area (Å²) in [4.78, 5) is 14.3. The van der Waals surface area contributed by atoms with Crippen LogP contribution in [0, 0.1) is 0 Å². The van der Waals surface area contributed by atoms with Gasteiger partial charge in [0.25, 0.3) is 0 Å². The average Bonchev–Trinajstić information content (AvgIpc) is 2.46. The Bertz CT molecular complexity index is 456. The van der Waals surface area contributed by atoms with E-state index in [0.29, 0.717) is 6.54 Å². The van der Waals surface area contributed by atoms with Crippen LogP contribution in [-0.2, 0) is 4.79 Å². The van der Waals surface area contributed by atoms with E-state index in [-0.39, 0.29) is 11.4 Å². The third kappa shape index (κ3) is 5.38. The van der Waals surface area contributed by atoms with Crippen LogP contribution in [0.25, 0.3) is 0 Å². The van der Waals surface area contributed by atoms with Crippen molar-refractivity contribution >= 4 is 17.3 Å². The molecule has 0 aliphatic carbocycles. The largest absolute Gasteiger partial charge is 0.372 e. The molecule has 1 aromatic rings. The highest BCUT2D eigenvalue weighted by Gasteiger charge is 2.12. The lowest BCUT2D eigenvalue weighted by Crippen LogP contribution is -2.41. The Hall–Kier alpha value is -1.55. The lowest BCUT2D eigenvalue weighted by molar-refractivity contribution is -0.115. The van der Waals surface area contributed by atoms with Crippen molar-refractivity contribution in [3.8, 4) is 0 Å². The number of piperidine rings is 1. The minimum atomic E-state index is -0.0462. The zero-order valence-corrected chi connectivity index (χ0v) is 13.4. The molecule has 0 saturated carbocycles. The minimum absolute atomic E-state index is 0.00403.